The zero-order valence-corrected chi connectivity index (χ0v) is 9.64. The first kappa shape index (κ1) is 11.6. The Kier molecular flexibility index (Phi) is 3.11. The number of ether oxygens (including phenoxy) is 1. The summed E-state index contributed by atoms with van der Waals surface area (Å²) in [5.41, 5.74) is -0.354. The summed E-state index contributed by atoms with van der Waals surface area (Å²) in [6.45, 7) is 0.905. The molecule has 1 aromatic heterocycles. The molecule has 17 heavy (non-hydrogen) atoms. The monoisotopic (exact) mass is 234 g/mol. The lowest BCUT2D eigenvalue weighted by atomic mass is 9.81. The van der Waals surface area contributed by atoms with Crippen LogP contribution < -0.4 is 5.32 Å². The normalized spacial score (nSPS) is 18.4. The van der Waals surface area contributed by atoms with E-state index in [1.807, 2.05) is 0 Å². The van der Waals surface area contributed by atoms with Crippen LogP contribution in [0.15, 0.2) is 12.4 Å². The Morgan fingerprint density at radius 3 is 2.88 bits per heavy atom. The first-order chi connectivity index (χ1) is 8.16. The molecule has 0 aliphatic carbocycles. The molecule has 0 radical (unpaired) electrons. The maximum atomic E-state index is 12.1. The molecule has 1 amide bonds. The molecular formula is C11H14N4O2. The molecule has 2 heterocycles. The van der Waals surface area contributed by atoms with Gasteiger partial charge in [-0.2, -0.15) is 10.4 Å². The summed E-state index contributed by atoms with van der Waals surface area (Å²) >= 11 is 0. The van der Waals surface area contributed by atoms with Crippen molar-refractivity contribution in [2.24, 2.45) is 12.5 Å². The standard InChI is InChI=1S/C11H14N4O2/c1-15-7-9(6-13-15)14-10(16)11(8-12)2-4-17-5-3-11/h6-7H,2-5H2,1H3,(H,14,16). The van der Waals surface area contributed by atoms with Crippen molar-refractivity contribution < 1.29 is 9.53 Å². The van der Waals surface area contributed by atoms with Crippen LogP contribution in [0.25, 0.3) is 0 Å². The predicted octanol–water partition coefficient (Wildman–Crippen LogP) is 0.679. The SMILES string of the molecule is Cn1cc(NC(=O)C2(C#N)CCOCC2)cn1. The summed E-state index contributed by atoms with van der Waals surface area (Å²) in [5, 5.41) is 15.9. The average Bonchev–Trinajstić information content (AvgIpc) is 2.75. The van der Waals surface area contributed by atoms with E-state index in [1.165, 1.54) is 0 Å². The highest BCUT2D eigenvalue weighted by Gasteiger charge is 2.40. The van der Waals surface area contributed by atoms with Gasteiger partial charge in [0, 0.05) is 26.5 Å². The van der Waals surface area contributed by atoms with Gasteiger partial charge in [0.05, 0.1) is 18.0 Å². The lowest BCUT2D eigenvalue weighted by molar-refractivity contribution is -0.126. The van der Waals surface area contributed by atoms with Crippen molar-refractivity contribution in [2.45, 2.75) is 12.8 Å². The lowest BCUT2D eigenvalue weighted by Crippen LogP contribution is -2.39. The number of nitriles is 1. The molecule has 0 saturated carbocycles. The second-order valence-corrected chi connectivity index (χ2v) is 4.16. The van der Waals surface area contributed by atoms with E-state index < -0.39 is 5.41 Å². The molecule has 1 N–H and O–H groups in total. The van der Waals surface area contributed by atoms with Gasteiger partial charge in [-0.15, -0.1) is 0 Å². The third-order valence-electron chi connectivity index (χ3n) is 2.96. The van der Waals surface area contributed by atoms with Crippen LogP contribution in [0.3, 0.4) is 0 Å². The van der Waals surface area contributed by atoms with Crippen molar-refractivity contribution in [1.29, 1.82) is 5.26 Å². The Morgan fingerprint density at radius 1 is 1.65 bits per heavy atom. The minimum Gasteiger partial charge on any atom is -0.381 e. The summed E-state index contributed by atoms with van der Waals surface area (Å²) in [6, 6.07) is 2.12. The van der Waals surface area contributed by atoms with E-state index >= 15 is 0 Å². The third-order valence-corrected chi connectivity index (χ3v) is 2.96. The van der Waals surface area contributed by atoms with Gasteiger partial charge in [-0.1, -0.05) is 0 Å². The number of carbonyl (C=O) groups is 1. The van der Waals surface area contributed by atoms with Gasteiger partial charge in [0.15, 0.2) is 0 Å². The number of nitrogens with zero attached hydrogens (tertiary/aromatic N) is 3. The first-order valence-corrected chi connectivity index (χ1v) is 5.45. The van der Waals surface area contributed by atoms with Gasteiger partial charge in [0.2, 0.25) is 5.91 Å². The van der Waals surface area contributed by atoms with Gasteiger partial charge >= 0.3 is 0 Å². The van der Waals surface area contributed by atoms with Gasteiger partial charge < -0.3 is 10.1 Å². The minimum absolute atomic E-state index is 0.267. The Morgan fingerprint density at radius 2 is 2.35 bits per heavy atom. The number of rotatable bonds is 2. The highest BCUT2D eigenvalue weighted by atomic mass is 16.5. The Balaban J connectivity index is 2.10. The molecule has 1 fully saturated rings. The summed E-state index contributed by atoms with van der Waals surface area (Å²) < 4.78 is 6.78. The molecule has 6 heteroatoms. The smallest absolute Gasteiger partial charge is 0.245 e. The van der Waals surface area contributed by atoms with E-state index in [9.17, 15) is 10.1 Å². The quantitative estimate of drug-likeness (QED) is 0.816. The molecule has 0 aromatic carbocycles. The molecule has 90 valence electrons. The maximum Gasteiger partial charge on any atom is 0.245 e. The zero-order valence-electron chi connectivity index (χ0n) is 9.64. The predicted molar refractivity (Wildman–Crippen MR) is 59.9 cm³/mol. The van der Waals surface area contributed by atoms with Crippen molar-refractivity contribution in [3.05, 3.63) is 12.4 Å². The Labute approximate surface area is 99.2 Å². The van der Waals surface area contributed by atoms with E-state index in [-0.39, 0.29) is 5.91 Å². The van der Waals surface area contributed by atoms with Crippen LogP contribution in [-0.2, 0) is 16.6 Å². The molecule has 0 atom stereocenters. The van der Waals surface area contributed by atoms with Gasteiger partial charge in [0.25, 0.3) is 0 Å². The fourth-order valence-electron chi connectivity index (χ4n) is 1.85. The van der Waals surface area contributed by atoms with E-state index in [4.69, 9.17) is 4.74 Å². The third kappa shape index (κ3) is 2.29. The molecule has 1 aliphatic heterocycles. The summed E-state index contributed by atoms with van der Waals surface area (Å²) in [7, 11) is 1.77. The first-order valence-electron chi connectivity index (χ1n) is 5.45. The number of anilines is 1. The highest BCUT2D eigenvalue weighted by molar-refractivity contribution is 5.97. The van der Waals surface area contributed by atoms with Crippen molar-refractivity contribution in [3.63, 3.8) is 0 Å². The fourth-order valence-corrected chi connectivity index (χ4v) is 1.85. The number of hydrogen-bond acceptors (Lipinski definition) is 4. The number of amides is 1. The Bertz CT molecular complexity index is 454. The zero-order chi connectivity index (χ0) is 12.3. The number of carbonyl (C=O) groups excluding carboxylic acids is 1. The summed E-state index contributed by atoms with van der Waals surface area (Å²) in [5.74, 6) is -0.267. The topological polar surface area (TPSA) is 79.9 Å². The van der Waals surface area contributed by atoms with Gasteiger partial charge in [0.1, 0.15) is 5.41 Å². The van der Waals surface area contributed by atoms with E-state index in [0.29, 0.717) is 31.7 Å². The van der Waals surface area contributed by atoms with Gasteiger partial charge in [-0.25, -0.2) is 0 Å². The second kappa shape index (κ2) is 4.55. The van der Waals surface area contributed by atoms with E-state index in [2.05, 4.69) is 16.5 Å². The summed E-state index contributed by atoms with van der Waals surface area (Å²) in [6.07, 6.45) is 4.13. The molecule has 0 spiro atoms. The average molecular weight is 234 g/mol. The highest BCUT2D eigenvalue weighted by Crippen LogP contribution is 2.31. The minimum atomic E-state index is -0.964. The van der Waals surface area contributed by atoms with Crippen LogP contribution in [0.5, 0.6) is 0 Å². The van der Waals surface area contributed by atoms with Gasteiger partial charge in [-0.05, 0) is 12.8 Å². The van der Waals surface area contributed by atoms with Crippen LogP contribution in [0, 0.1) is 16.7 Å². The van der Waals surface area contributed by atoms with Crippen LogP contribution in [0.2, 0.25) is 0 Å². The summed E-state index contributed by atoms with van der Waals surface area (Å²) in [4.78, 5) is 12.1. The molecule has 1 aromatic rings. The Hall–Kier alpha value is -1.87. The van der Waals surface area contributed by atoms with Crippen molar-refractivity contribution in [2.75, 3.05) is 18.5 Å². The molecule has 0 unspecified atom stereocenters. The molecule has 6 nitrogen and oxygen atoms in total. The fraction of sp³-hybridized carbons (Fsp3) is 0.545. The van der Waals surface area contributed by atoms with Crippen molar-refractivity contribution in [1.82, 2.24) is 9.78 Å². The maximum absolute atomic E-state index is 12.1. The van der Waals surface area contributed by atoms with E-state index in [1.54, 1.807) is 24.1 Å². The van der Waals surface area contributed by atoms with Crippen LogP contribution in [0.4, 0.5) is 5.69 Å². The number of hydrogen-bond donors (Lipinski definition) is 1. The molecular weight excluding hydrogens is 220 g/mol. The molecule has 0 bridgehead atoms. The lowest BCUT2D eigenvalue weighted by Gasteiger charge is -2.28. The largest absolute Gasteiger partial charge is 0.381 e. The van der Waals surface area contributed by atoms with Crippen molar-refractivity contribution in [3.8, 4) is 6.07 Å². The molecule has 1 saturated heterocycles. The number of aryl methyl sites for hydroxylation is 1. The van der Waals surface area contributed by atoms with Gasteiger partial charge in [-0.3, -0.25) is 9.48 Å². The second-order valence-electron chi connectivity index (χ2n) is 4.16. The molecule has 1 aliphatic rings. The number of aromatic nitrogens is 2. The molecule has 2 rings (SSSR count). The van der Waals surface area contributed by atoms with Crippen LogP contribution in [0.1, 0.15) is 12.8 Å². The van der Waals surface area contributed by atoms with Crippen molar-refractivity contribution >= 4 is 11.6 Å². The van der Waals surface area contributed by atoms with E-state index in [0.717, 1.165) is 0 Å². The number of nitrogens with one attached hydrogen (secondary N) is 1. The van der Waals surface area contributed by atoms with Crippen LogP contribution >= 0.6 is 0 Å². The van der Waals surface area contributed by atoms with Crippen LogP contribution in [-0.4, -0.2) is 28.9 Å².